The van der Waals surface area contributed by atoms with Crippen molar-refractivity contribution in [2.24, 2.45) is 5.92 Å². The Kier molecular flexibility index (Phi) is 3.68. The van der Waals surface area contributed by atoms with Crippen LogP contribution in [0.25, 0.3) is 0 Å². The van der Waals surface area contributed by atoms with Gasteiger partial charge in [-0.05, 0) is 52.0 Å². The molecule has 0 aromatic heterocycles. The van der Waals surface area contributed by atoms with Gasteiger partial charge in [0.25, 0.3) is 0 Å². The van der Waals surface area contributed by atoms with Gasteiger partial charge in [0.15, 0.2) is 0 Å². The van der Waals surface area contributed by atoms with E-state index in [-0.39, 0.29) is 0 Å². The van der Waals surface area contributed by atoms with Gasteiger partial charge in [-0.25, -0.2) is 0 Å². The molecule has 0 radical (unpaired) electrons. The average Bonchev–Trinajstić information content (AvgIpc) is 2.16. The van der Waals surface area contributed by atoms with Gasteiger partial charge in [0.1, 0.15) is 0 Å². The highest BCUT2D eigenvalue weighted by Gasteiger charge is 2.30. The van der Waals surface area contributed by atoms with Crippen LogP contribution in [0.15, 0.2) is 0 Å². The molecule has 0 bridgehead atoms. The van der Waals surface area contributed by atoms with Crippen molar-refractivity contribution < 1.29 is 4.74 Å². The maximum absolute atomic E-state index is 5.81. The number of ether oxygens (including phenoxy) is 1. The lowest BCUT2D eigenvalue weighted by Crippen LogP contribution is -2.47. The van der Waals surface area contributed by atoms with Crippen molar-refractivity contribution in [1.82, 2.24) is 4.90 Å². The predicted octanol–water partition coefficient (Wildman–Crippen LogP) is 2.67. The third-order valence-corrected chi connectivity index (χ3v) is 3.88. The van der Waals surface area contributed by atoms with Crippen molar-refractivity contribution in [2.75, 3.05) is 13.1 Å². The molecule has 0 amide bonds. The first-order valence-electron chi connectivity index (χ1n) is 6.54. The third-order valence-electron chi connectivity index (χ3n) is 3.88. The summed E-state index contributed by atoms with van der Waals surface area (Å²) in [5.41, 5.74) is 0. The van der Waals surface area contributed by atoms with Crippen LogP contribution in [0.1, 0.15) is 46.5 Å². The van der Waals surface area contributed by atoms with E-state index in [1.54, 1.807) is 0 Å². The Balaban J connectivity index is 1.91. The number of hydrogen-bond donors (Lipinski definition) is 0. The fourth-order valence-electron chi connectivity index (χ4n) is 3.23. The molecule has 0 aliphatic carbocycles. The van der Waals surface area contributed by atoms with Gasteiger partial charge >= 0.3 is 0 Å². The van der Waals surface area contributed by atoms with E-state index in [0.717, 1.165) is 12.0 Å². The van der Waals surface area contributed by atoms with Crippen LogP contribution in [-0.2, 0) is 4.74 Å². The van der Waals surface area contributed by atoms with Gasteiger partial charge in [0.05, 0.1) is 12.2 Å². The van der Waals surface area contributed by atoms with E-state index >= 15 is 0 Å². The van der Waals surface area contributed by atoms with Crippen LogP contribution in [0.3, 0.4) is 0 Å². The molecule has 88 valence electrons. The molecule has 15 heavy (non-hydrogen) atoms. The van der Waals surface area contributed by atoms with Gasteiger partial charge in [0, 0.05) is 12.6 Å². The van der Waals surface area contributed by atoms with Crippen molar-refractivity contribution in [3.63, 3.8) is 0 Å². The highest BCUT2D eigenvalue weighted by molar-refractivity contribution is 4.84. The molecule has 2 nitrogen and oxygen atoms in total. The van der Waals surface area contributed by atoms with Crippen molar-refractivity contribution in [2.45, 2.75) is 64.7 Å². The molecule has 0 N–H and O–H groups in total. The Hall–Kier alpha value is -0.0800. The summed E-state index contributed by atoms with van der Waals surface area (Å²) in [4.78, 5) is 2.71. The Bertz CT molecular complexity index is 197. The van der Waals surface area contributed by atoms with Crippen LogP contribution < -0.4 is 0 Å². The van der Waals surface area contributed by atoms with Gasteiger partial charge in [-0.2, -0.15) is 0 Å². The summed E-state index contributed by atoms with van der Waals surface area (Å²) < 4.78 is 5.81. The zero-order valence-electron chi connectivity index (χ0n) is 10.4. The molecule has 2 saturated heterocycles. The normalized spacial score (nSPS) is 44.2. The molecule has 2 rings (SSSR count). The topological polar surface area (TPSA) is 12.5 Å². The van der Waals surface area contributed by atoms with E-state index < -0.39 is 0 Å². The minimum Gasteiger partial charge on any atom is -0.375 e. The van der Waals surface area contributed by atoms with E-state index in [4.69, 9.17) is 4.74 Å². The second-order valence-corrected chi connectivity index (χ2v) is 5.62. The number of rotatable bonds is 1. The lowest BCUT2D eigenvalue weighted by Gasteiger charge is -2.42. The molecule has 0 aromatic carbocycles. The lowest BCUT2D eigenvalue weighted by molar-refractivity contribution is -0.0703. The molecule has 3 atom stereocenters. The minimum absolute atomic E-state index is 0.455. The fraction of sp³-hybridized carbons (Fsp3) is 1.00. The molecule has 0 saturated carbocycles. The SMILES string of the molecule is CC1CCCN(C2CC(C)OC(C)C2)C1. The van der Waals surface area contributed by atoms with E-state index in [1.165, 1.54) is 38.8 Å². The van der Waals surface area contributed by atoms with Crippen LogP contribution in [0.4, 0.5) is 0 Å². The summed E-state index contributed by atoms with van der Waals surface area (Å²) >= 11 is 0. The third kappa shape index (κ3) is 2.94. The number of nitrogens with zero attached hydrogens (tertiary/aromatic N) is 1. The molecule has 2 aliphatic rings. The largest absolute Gasteiger partial charge is 0.375 e. The quantitative estimate of drug-likeness (QED) is 0.661. The Morgan fingerprint density at radius 1 is 1.07 bits per heavy atom. The van der Waals surface area contributed by atoms with Crippen LogP contribution in [0.5, 0.6) is 0 Å². The van der Waals surface area contributed by atoms with E-state index in [1.807, 2.05) is 0 Å². The summed E-state index contributed by atoms with van der Waals surface area (Å²) in [6.45, 7) is 9.45. The van der Waals surface area contributed by atoms with Crippen LogP contribution >= 0.6 is 0 Å². The van der Waals surface area contributed by atoms with Crippen LogP contribution in [0.2, 0.25) is 0 Å². The number of likely N-dealkylation sites (tertiary alicyclic amines) is 1. The maximum atomic E-state index is 5.81. The Morgan fingerprint density at radius 3 is 2.33 bits per heavy atom. The first kappa shape index (κ1) is 11.4. The fourth-order valence-corrected chi connectivity index (χ4v) is 3.23. The second-order valence-electron chi connectivity index (χ2n) is 5.62. The summed E-state index contributed by atoms with van der Waals surface area (Å²) in [6, 6.07) is 0.784. The highest BCUT2D eigenvalue weighted by Crippen LogP contribution is 2.27. The van der Waals surface area contributed by atoms with Crippen molar-refractivity contribution in [3.8, 4) is 0 Å². The monoisotopic (exact) mass is 211 g/mol. The Labute approximate surface area is 94.0 Å². The van der Waals surface area contributed by atoms with Gasteiger partial charge in [0.2, 0.25) is 0 Å². The van der Waals surface area contributed by atoms with Crippen LogP contribution in [0, 0.1) is 5.92 Å². The lowest BCUT2D eigenvalue weighted by atomic mass is 9.93. The molecule has 2 fully saturated rings. The first-order chi connectivity index (χ1) is 7.15. The molecule has 0 aromatic rings. The van der Waals surface area contributed by atoms with Crippen molar-refractivity contribution in [1.29, 1.82) is 0 Å². The van der Waals surface area contributed by atoms with Gasteiger partial charge < -0.3 is 4.74 Å². The van der Waals surface area contributed by atoms with E-state index in [2.05, 4.69) is 25.7 Å². The smallest absolute Gasteiger partial charge is 0.0565 e. The van der Waals surface area contributed by atoms with Gasteiger partial charge in [-0.1, -0.05) is 6.92 Å². The summed E-state index contributed by atoms with van der Waals surface area (Å²) in [7, 11) is 0. The predicted molar refractivity (Wildman–Crippen MR) is 63.0 cm³/mol. The van der Waals surface area contributed by atoms with Crippen molar-refractivity contribution >= 4 is 0 Å². The first-order valence-corrected chi connectivity index (χ1v) is 6.54. The molecule has 2 heteroatoms. The molecule has 2 aliphatic heterocycles. The van der Waals surface area contributed by atoms with Gasteiger partial charge in [-0.3, -0.25) is 4.90 Å². The molecule has 3 unspecified atom stereocenters. The van der Waals surface area contributed by atoms with E-state index in [0.29, 0.717) is 12.2 Å². The van der Waals surface area contributed by atoms with Crippen LogP contribution in [-0.4, -0.2) is 36.2 Å². The zero-order valence-corrected chi connectivity index (χ0v) is 10.4. The van der Waals surface area contributed by atoms with Gasteiger partial charge in [-0.15, -0.1) is 0 Å². The summed E-state index contributed by atoms with van der Waals surface area (Å²) in [5.74, 6) is 0.896. The molecule has 0 spiro atoms. The molecular formula is C13H25NO. The highest BCUT2D eigenvalue weighted by atomic mass is 16.5. The Morgan fingerprint density at radius 2 is 1.73 bits per heavy atom. The van der Waals surface area contributed by atoms with E-state index in [9.17, 15) is 0 Å². The molecule has 2 heterocycles. The minimum atomic E-state index is 0.455. The molecular weight excluding hydrogens is 186 g/mol. The average molecular weight is 211 g/mol. The second kappa shape index (κ2) is 4.84. The summed E-state index contributed by atoms with van der Waals surface area (Å²) in [5, 5.41) is 0. The standard InChI is InChI=1S/C13H25NO/c1-10-5-4-6-14(9-10)13-7-11(2)15-12(3)8-13/h10-13H,4-9H2,1-3H3. The number of hydrogen-bond acceptors (Lipinski definition) is 2. The van der Waals surface area contributed by atoms with Crippen molar-refractivity contribution in [3.05, 3.63) is 0 Å². The zero-order chi connectivity index (χ0) is 10.8. The maximum Gasteiger partial charge on any atom is 0.0565 e. The number of piperidine rings is 1. The summed E-state index contributed by atoms with van der Waals surface area (Å²) in [6.07, 6.45) is 6.19.